The van der Waals surface area contributed by atoms with Gasteiger partial charge in [-0.2, -0.15) is 0 Å². The van der Waals surface area contributed by atoms with Gasteiger partial charge in [-0.15, -0.1) is 0 Å². The maximum Gasteiger partial charge on any atom is 0.278 e. The third-order valence-corrected chi connectivity index (χ3v) is 2.69. The molecule has 0 radical (unpaired) electrons. The Morgan fingerprint density at radius 2 is 2.08 bits per heavy atom. The van der Waals surface area contributed by atoms with Crippen molar-refractivity contribution in [3.63, 3.8) is 0 Å². The molecule has 0 N–H and O–H groups in total. The molecule has 3 fully saturated rings. The number of carbonyl (C=O) groups excluding carboxylic acids is 1. The highest BCUT2D eigenvalue weighted by Crippen LogP contribution is 2.38. The summed E-state index contributed by atoms with van der Waals surface area (Å²) >= 11 is 0. The van der Waals surface area contributed by atoms with Gasteiger partial charge in [0.25, 0.3) is 5.91 Å². The van der Waals surface area contributed by atoms with Gasteiger partial charge in [0, 0.05) is 5.92 Å². The molecule has 0 saturated carbocycles. The molecule has 3 nitrogen and oxygen atoms in total. The Labute approximate surface area is 75.9 Å². The van der Waals surface area contributed by atoms with E-state index in [1.165, 1.54) is 10.6 Å². The molecule has 3 heterocycles. The number of benzene rings is 1. The molecule has 3 aliphatic heterocycles. The zero-order valence-corrected chi connectivity index (χ0v) is 7.01. The molecule has 66 valence electrons. The minimum absolute atomic E-state index is 0.133. The standard InChI is InChI=1S/C10H9NO2/c12-10-9-8(6-11(10)13-9)7-4-2-1-3-5-7/h1-5,8-9H,6H2. The van der Waals surface area contributed by atoms with Gasteiger partial charge in [-0.05, 0) is 5.56 Å². The molecule has 2 bridgehead atoms. The highest BCUT2D eigenvalue weighted by Gasteiger charge is 2.53. The summed E-state index contributed by atoms with van der Waals surface area (Å²) in [5, 5.41) is 1.45. The van der Waals surface area contributed by atoms with Crippen molar-refractivity contribution < 1.29 is 9.63 Å². The number of hydrogen-bond donors (Lipinski definition) is 0. The number of carbonyl (C=O) groups is 1. The molecule has 2 atom stereocenters. The Kier molecular flexibility index (Phi) is 1.27. The van der Waals surface area contributed by atoms with Crippen LogP contribution in [0.5, 0.6) is 0 Å². The summed E-state index contributed by atoms with van der Waals surface area (Å²) in [6, 6.07) is 10.0. The third-order valence-electron chi connectivity index (χ3n) is 2.69. The summed E-state index contributed by atoms with van der Waals surface area (Å²) in [4.78, 5) is 16.4. The van der Waals surface area contributed by atoms with Crippen molar-refractivity contribution in [2.45, 2.75) is 12.0 Å². The van der Waals surface area contributed by atoms with Gasteiger partial charge in [-0.25, -0.2) is 5.06 Å². The van der Waals surface area contributed by atoms with Crippen LogP contribution < -0.4 is 0 Å². The topological polar surface area (TPSA) is 29.5 Å². The molecule has 3 heteroatoms. The van der Waals surface area contributed by atoms with Crippen molar-refractivity contribution in [2.24, 2.45) is 0 Å². The SMILES string of the molecule is O=C1C2ON1CC2c1ccccc1. The molecule has 13 heavy (non-hydrogen) atoms. The van der Waals surface area contributed by atoms with Gasteiger partial charge in [0.05, 0.1) is 6.54 Å². The minimum atomic E-state index is -0.206. The average molecular weight is 175 g/mol. The normalized spacial score (nSPS) is 30.5. The van der Waals surface area contributed by atoms with Crippen LogP contribution in [0.25, 0.3) is 0 Å². The fourth-order valence-corrected chi connectivity index (χ4v) is 1.96. The predicted molar refractivity (Wildman–Crippen MR) is 45.8 cm³/mol. The second kappa shape index (κ2) is 2.33. The second-order valence-electron chi connectivity index (χ2n) is 3.44. The quantitative estimate of drug-likeness (QED) is 0.635. The van der Waals surface area contributed by atoms with E-state index in [1.54, 1.807) is 0 Å². The van der Waals surface area contributed by atoms with Crippen LogP contribution in [0.1, 0.15) is 11.5 Å². The van der Waals surface area contributed by atoms with Gasteiger partial charge >= 0.3 is 0 Å². The summed E-state index contributed by atoms with van der Waals surface area (Å²) in [5.41, 5.74) is 1.20. The molecule has 0 spiro atoms. The molecule has 0 aliphatic carbocycles. The van der Waals surface area contributed by atoms with E-state index >= 15 is 0 Å². The first-order chi connectivity index (χ1) is 6.36. The number of amides is 1. The monoisotopic (exact) mass is 175 g/mol. The lowest BCUT2D eigenvalue weighted by Gasteiger charge is -2.25. The Balaban J connectivity index is 1.93. The summed E-state index contributed by atoms with van der Waals surface area (Å²) in [5.74, 6) is 0.377. The van der Waals surface area contributed by atoms with E-state index in [2.05, 4.69) is 0 Å². The lowest BCUT2D eigenvalue weighted by molar-refractivity contribution is -0.233. The first-order valence-corrected chi connectivity index (χ1v) is 4.39. The first kappa shape index (κ1) is 7.09. The van der Waals surface area contributed by atoms with Crippen molar-refractivity contribution in [3.8, 4) is 0 Å². The summed E-state index contributed by atoms with van der Waals surface area (Å²) in [6.07, 6.45) is -0.206. The Morgan fingerprint density at radius 3 is 2.62 bits per heavy atom. The van der Waals surface area contributed by atoms with Crippen LogP contribution in [-0.2, 0) is 9.63 Å². The van der Waals surface area contributed by atoms with Crippen LogP contribution in [0.4, 0.5) is 0 Å². The number of fused-ring (bicyclic) bond motifs is 1. The molecule has 1 amide bonds. The van der Waals surface area contributed by atoms with Gasteiger partial charge in [-0.3, -0.25) is 9.63 Å². The van der Waals surface area contributed by atoms with Gasteiger partial charge in [0.2, 0.25) is 0 Å². The highest BCUT2D eigenvalue weighted by molar-refractivity contribution is 5.87. The van der Waals surface area contributed by atoms with E-state index in [4.69, 9.17) is 4.84 Å². The molecular weight excluding hydrogens is 166 g/mol. The number of rotatable bonds is 1. The first-order valence-electron chi connectivity index (χ1n) is 4.39. The van der Waals surface area contributed by atoms with E-state index in [0.29, 0.717) is 6.54 Å². The van der Waals surface area contributed by atoms with Crippen LogP contribution >= 0.6 is 0 Å². The highest BCUT2D eigenvalue weighted by atomic mass is 16.7. The lowest BCUT2D eigenvalue weighted by atomic mass is 9.96. The Hall–Kier alpha value is -1.35. The molecule has 3 saturated heterocycles. The smallest absolute Gasteiger partial charge is 0.269 e. The molecule has 1 aromatic rings. The number of nitrogens with zero attached hydrogens (tertiary/aromatic N) is 1. The van der Waals surface area contributed by atoms with Crippen LogP contribution in [0.3, 0.4) is 0 Å². The lowest BCUT2D eigenvalue weighted by Crippen LogP contribution is -2.45. The summed E-state index contributed by atoms with van der Waals surface area (Å²) < 4.78 is 0. The van der Waals surface area contributed by atoms with E-state index in [-0.39, 0.29) is 17.9 Å². The Bertz CT molecular complexity index is 349. The maximum absolute atomic E-state index is 11.2. The summed E-state index contributed by atoms with van der Waals surface area (Å²) in [6.45, 7) is 0.716. The molecule has 3 aliphatic rings. The van der Waals surface area contributed by atoms with Crippen molar-refractivity contribution in [1.29, 1.82) is 0 Å². The van der Waals surface area contributed by atoms with Crippen molar-refractivity contribution >= 4 is 5.91 Å². The maximum atomic E-state index is 11.2. The van der Waals surface area contributed by atoms with Gasteiger partial charge < -0.3 is 0 Å². The molecule has 4 rings (SSSR count). The van der Waals surface area contributed by atoms with Crippen molar-refractivity contribution in [3.05, 3.63) is 35.9 Å². The Morgan fingerprint density at radius 1 is 1.31 bits per heavy atom. The molecule has 0 aromatic heterocycles. The summed E-state index contributed by atoms with van der Waals surface area (Å²) in [7, 11) is 0. The largest absolute Gasteiger partial charge is 0.278 e. The fourth-order valence-electron chi connectivity index (χ4n) is 1.96. The van der Waals surface area contributed by atoms with Crippen LogP contribution in [0, 0.1) is 0 Å². The molecule has 2 unspecified atom stereocenters. The second-order valence-corrected chi connectivity index (χ2v) is 3.44. The third kappa shape index (κ3) is 0.848. The van der Waals surface area contributed by atoms with E-state index in [0.717, 1.165) is 0 Å². The van der Waals surface area contributed by atoms with E-state index < -0.39 is 0 Å². The number of hydroxylamine groups is 2. The predicted octanol–water partition coefficient (Wildman–Crippen LogP) is 0.926. The van der Waals surface area contributed by atoms with Crippen LogP contribution in [-0.4, -0.2) is 23.6 Å². The average Bonchev–Trinajstić information content (AvgIpc) is 2.75. The number of hydrogen-bond acceptors (Lipinski definition) is 2. The van der Waals surface area contributed by atoms with Gasteiger partial charge in [0.1, 0.15) is 0 Å². The van der Waals surface area contributed by atoms with Gasteiger partial charge in [0.15, 0.2) is 6.10 Å². The zero-order chi connectivity index (χ0) is 8.84. The van der Waals surface area contributed by atoms with E-state index in [1.807, 2.05) is 30.3 Å². The van der Waals surface area contributed by atoms with E-state index in [9.17, 15) is 4.79 Å². The van der Waals surface area contributed by atoms with Gasteiger partial charge in [-0.1, -0.05) is 30.3 Å². The molecular formula is C10H9NO2. The van der Waals surface area contributed by atoms with Crippen molar-refractivity contribution in [2.75, 3.05) is 6.54 Å². The molecule has 1 aromatic carbocycles. The minimum Gasteiger partial charge on any atom is -0.269 e. The fraction of sp³-hybridized carbons (Fsp3) is 0.300. The zero-order valence-electron chi connectivity index (χ0n) is 7.01. The van der Waals surface area contributed by atoms with Crippen molar-refractivity contribution in [1.82, 2.24) is 5.06 Å². The van der Waals surface area contributed by atoms with Crippen LogP contribution in [0.2, 0.25) is 0 Å². The van der Waals surface area contributed by atoms with Crippen LogP contribution in [0.15, 0.2) is 30.3 Å².